The Morgan fingerprint density at radius 3 is 2.43 bits per heavy atom. The first-order valence-corrected chi connectivity index (χ1v) is 6.85. The molecule has 2 aromatic rings. The largest absolute Gasteiger partial charge is 0.379 e. The molecule has 0 aromatic heterocycles. The van der Waals surface area contributed by atoms with Crippen molar-refractivity contribution in [2.24, 2.45) is 0 Å². The Hall–Kier alpha value is -2.55. The number of hydrogen-bond donors (Lipinski definition) is 0. The molecule has 0 bridgehead atoms. The van der Waals surface area contributed by atoms with Crippen LogP contribution in [-0.4, -0.2) is 13.3 Å². The normalized spacial score (nSPS) is 11.1. The van der Waals surface area contributed by atoms with E-state index >= 15 is 0 Å². The Labute approximate surface area is 117 Å². The Bertz CT molecular complexity index is 807. The van der Waals surface area contributed by atoms with Gasteiger partial charge in [0.25, 0.3) is 5.69 Å². The molecule has 0 unspecified atom stereocenters. The van der Waals surface area contributed by atoms with Gasteiger partial charge in [-0.3, -0.25) is 10.1 Å². The topological polar surface area (TPSA) is 86.5 Å². The molecule has 0 aliphatic heterocycles. The van der Waals surface area contributed by atoms with E-state index in [0.717, 1.165) is 36.4 Å². The van der Waals surface area contributed by atoms with Crippen molar-refractivity contribution >= 4 is 15.8 Å². The molecular weight excluding hydrogens is 308 g/mol. The van der Waals surface area contributed by atoms with Crippen LogP contribution in [0.2, 0.25) is 0 Å². The van der Waals surface area contributed by atoms with Crippen LogP contribution in [0.1, 0.15) is 0 Å². The summed E-state index contributed by atoms with van der Waals surface area (Å²) in [6, 6.07) is 6.90. The Morgan fingerprint density at radius 1 is 1.10 bits per heavy atom. The van der Waals surface area contributed by atoms with Crippen molar-refractivity contribution in [1.29, 1.82) is 0 Å². The number of benzene rings is 2. The average Bonchev–Trinajstić information content (AvgIpc) is 2.41. The van der Waals surface area contributed by atoms with Gasteiger partial charge in [0.05, 0.1) is 11.0 Å². The van der Waals surface area contributed by atoms with Crippen LogP contribution < -0.4 is 4.18 Å². The molecule has 110 valence electrons. The predicted molar refractivity (Wildman–Crippen MR) is 67.3 cm³/mol. The van der Waals surface area contributed by atoms with Gasteiger partial charge in [-0.15, -0.1) is 0 Å². The number of nitrogens with zero attached hydrogens (tertiary/aromatic N) is 1. The maximum Gasteiger partial charge on any atom is 0.342 e. The molecular formula is C12H7F2NO5S. The Morgan fingerprint density at radius 2 is 1.76 bits per heavy atom. The maximum absolute atomic E-state index is 13.5. The monoisotopic (exact) mass is 315 g/mol. The van der Waals surface area contributed by atoms with Crippen LogP contribution in [0, 0.1) is 21.7 Å². The molecule has 2 aromatic carbocycles. The molecule has 0 saturated heterocycles. The molecule has 0 N–H and O–H groups in total. The minimum absolute atomic E-state index is 0.382. The van der Waals surface area contributed by atoms with Gasteiger partial charge in [-0.1, -0.05) is 12.1 Å². The van der Waals surface area contributed by atoms with Crippen LogP contribution in [-0.2, 0) is 10.1 Å². The van der Waals surface area contributed by atoms with Crippen molar-refractivity contribution in [3.05, 3.63) is 64.2 Å². The number of non-ortho nitro benzene ring substituents is 1. The van der Waals surface area contributed by atoms with E-state index in [1.165, 1.54) is 6.07 Å². The summed E-state index contributed by atoms with van der Waals surface area (Å²) in [5.41, 5.74) is -0.401. The number of halogens is 2. The lowest BCUT2D eigenvalue weighted by atomic mass is 10.3. The third-order valence-electron chi connectivity index (χ3n) is 2.42. The summed E-state index contributed by atoms with van der Waals surface area (Å²) in [7, 11) is -4.65. The van der Waals surface area contributed by atoms with E-state index in [1.54, 1.807) is 0 Å². The van der Waals surface area contributed by atoms with Gasteiger partial charge in [0.2, 0.25) is 0 Å². The summed E-state index contributed by atoms with van der Waals surface area (Å²) < 4.78 is 54.8. The molecule has 6 nitrogen and oxygen atoms in total. The van der Waals surface area contributed by atoms with Gasteiger partial charge < -0.3 is 4.18 Å². The second-order valence-corrected chi connectivity index (χ2v) is 5.36. The summed E-state index contributed by atoms with van der Waals surface area (Å²) in [5, 5.41) is 10.6. The molecule has 0 aliphatic rings. The van der Waals surface area contributed by atoms with Crippen molar-refractivity contribution < 1.29 is 26.3 Å². The Balaban J connectivity index is 2.40. The fourth-order valence-electron chi connectivity index (χ4n) is 1.50. The third kappa shape index (κ3) is 3.14. The van der Waals surface area contributed by atoms with Gasteiger partial charge >= 0.3 is 10.1 Å². The number of hydrogen-bond acceptors (Lipinski definition) is 5. The molecule has 0 fully saturated rings. The van der Waals surface area contributed by atoms with Crippen LogP contribution >= 0.6 is 0 Å². The van der Waals surface area contributed by atoms with E-state index in [0.29, 0.717) is 0 Å². The van der Waals surface area contributed by atoms with Crippen molar-refractivity contribution in [2.75, 3.05) is 0 Å². The summed E-state index contributed by atoms with van der Waals surface area (Å²) in [4.78, 5) is 8.84. The van der Waals surface area contributed by atoms with Crippen LogP contribution in [0.15, 0.2) is 47.4 Å². The lowest BCUT2D eigenvalue weighted by Crippen LogP contribution is -2.12. The molecule has 2 rings (SSSR count). The van der Waals surface area contributed by atoms with E-state index in [9.17, 15) is 27.3 Å². The van der Waals surface area contributed by atoms with Gasteiger partial charge in [-0.25, -0.2) is 8.78 Å². The van der Waals surface area contributed by atoms with Crippen molar-refractivity contribution in [2.45, 2.75) is 4.90 Å². The molecule has 21 heavy (non-hydrogen) atoms. The van der Waals surface area contributed by atoms with Gasteiger partial charge in [-0.2, -0.15) is 8.42 Å². The number of rotatable bonds is 4. The number of nitro groups is 1. The first kappa shape index (κ1) is 14.9. The van der Waals surface area contributed by atoms with Crippen molar-refractivity contribution in [3.63, 3.8) is 0 Å². The van der Waals surface area contributed by atoms with Crippen LogP contribution in [0.4, 0.5) is 14.5 Å². The smallest absolute Gasteiger partial charge is 0.342 e. The summed E-state index contributed by atoms with van der Waals surface area (Å²) in [6.07, 6.45) is 0. The quantitative estimate of drug-likeness (QED) is 0.492. The first-order chi connectivity index (χ1) is 9.81. The summed E-state index contributed by atoms with van der Waals surface area (Å²) >= 11 is 0. The molecule has 0 saturated carbocycles. The molecule has 0 heterocycles. The highest BCUT2D eigenvalue weighted by atomic mass is 32.2. The maximum atomic E-state index is 13.5. The second-order valence-electron chi connectivity index (χ2n) is 3.84. The second kappa shape index (κ2) is 5.44. The highest BCUT2D eigenvalue weighted by Crippen LogP contribution is 2.25. The lowest BCUT2D eigenvalue weighted by molar-refractivity contribution is -0.384. The zero-order valence-electron chi connectivity index (χ0n) is 10.2. The molecule has 0 spiro atoms. The van der Waals surface area contributed by atoms with Gasteiger partial charge in [0.15, 0.2) is 11.6 Å². The van der Waals surface area contributed by atoms with Crippen LogP contribution in [0.3, 0.4) is 0 Å². The standard InChI is InChI=1S/C12H7F2NO5S/c13-10-5-2-6-11(12(10)14)21(18,19)20-9-4-1-3-8(7-9)15(16)17/h1-7H. The summed E-state index contributed by atoms with van der Waals surface area (Å²) in [6.45, 7) is 0. The van der Waals surface area contributed by atoms with E-state index in [1.807, 2.05) is 0 Å². The molecule has 0 aliphatic carbocycles. The van der Waals surface area contributed by atoms with Gasteiger partial charge in [0, 0.05) is 6.07 Å². The van der Waals surface area contributed by atoms with Crippen molar-refractivity contribution in [1.82, 2.24) is 0 Å². The van der Waals surface area contributed by atoms with E-state index in [2.05, 4.69) is 4.18 Å². The van der Waals surface area contributed by atoms with E-state index in [4.69, 9.17) is 0 Å². The lowest BCUT2D eigenvalue weighted by Gasteiger charge is -2.07. The zero-order chi connectivity index (χ0) is 15.6. The van der Waals surface area contributed by atoms with Crippen LogP contribution in [0.5, 0.6) is 5.75 Å². The number of nitro benzene ring substituents is 1. The summed E-state index contributed by atoms with van der Waals surface area (Å²) in [5.74, 6) is -3.31. The van der Waals surface area contributed by atoms with Crippen LogP contribution in [0.25, 0.3) is 0 Å². The van der Waals surface area contributed by atoms with E-state index < -0.39 is 37.3 Å². The predicted octanol–water partition coefficient (Wildman–Crippen LogP) is 2.64. The highest BCUT2D eigenvalue weighted by Gasteiger charge is 2.24. The van der Waals surface area contributed by atoms with E-state index in [-0.39, 0.29) is 5.75 Å². The highest BCUT2D eigenvalue weighted by molar-refractivity contribution is 7.87. The minimum atomic E-state index is -4.65. The minimum Gasteiger partial charge on any atom is -0.379 e. The SMILES string of the molecule is O=[N+]([O-])c1cccc(OS(=O)(=O)c2cccc(F)c2F)c1. The van der Waals surface area contributed by atoms with Gasteiger partial charge in [-0.05, 0) is 18.2 Å². The molecule has 0 radical (unpaired) electrons. The third-order valence-corrected chi connectivity index (χ3v) is 3.69. The van der Waals surface area contributed by atoms with Gasteiger partial charge in [0.1, 0.15) is 10.6 Å². The molecule has 9 heteroatoms. The Kier molecular flexibility index (Phi) is 3.85. The fraction of sp³-hybridized carbons (Fsp3) is 0. The molecule has 0 atom stereocenters. The van der Waals surface area contributed by atoms with Crippen molar-refractivity contribution in [3.8, 4) is 5.75 Å². The first-order valence-electron chi connectivity index (χ1n) is 5.44. The zero-order valence-corrected chi connectivity index (χ0v) is 11.0. The average molecular weight is 315 g/mol. The fourth-order valence-corrected chi connectivity index (χ4v) is 2.51. The molecule has 0 amide bonds.